The van der Waals surface area contributed by atoms with Crippen molar-refractivity contribution in [2.45, 2.75) is 0 Å². The van der Waals surface area contributed by atoms with Gasteiger partial charge >= 0.3 is 0 Å². The van der Waals surface area contributed by atoms with Crippen LogP contribution in [0.5, 0.6) is 17.2 Å². The van der Waals surface area contributed by atoms with Crippen LogP contribution in [0.15, 0.2) is 42.5 Å². The van der Waals surface area contributed by atoms with Crippen LogP contribution in [-0.2, 0) is 0 Å². The van der Waals surface area contributed by atoms with E-state index in [-0.39, 0.29) is 27.8 Å². The molecule has 2 rings (SSSR count). The first-order valence-corrected chi connectivity index (χ1v) is 6.48. The molecule has 21 heavy (non-hydrogen) atoms. The van der Waals surface area contributed by atoms with Crippen molar-refractivity contribution in [2.24, 2.45) is 0 Å². The minimum atomic E-state index is -0.402. The largest absolute Gasteiger partial charge is 0.506 e. The molecule has 0 aliphatic heterocycles. The Hall–Kier alpha value is -2.46. The van der Waals surface area contributed by atoms with E-state index in [1.165, 1.54) is 37.5 Å². The first-order valence-electron chi connectivity index (χ1n) is 6.10. The van der Waals surface area contributed by atoms with Crippen molar-refractivity contribution in [3.05, 3.63) is 58.6 Å². The number of carbonyl (C=O) groups is 1. The molecule has 2 aromatic carbocycles. The molecule has 0 aliphatic carbocycles. The summed E-state index contributed by atoms with van der Waals surface area (Å²) in [6.07, 6.45) is 2.78. The number of methoxy groups -OCH3 is 1. The van der Waals surface area contributed by atoms with Crippen LogP contribution >= 0.6 is 11.6 Å². The number of benzene rings is 2. The van der Waals surface area contributed by atoms with Crippen LogP contribution in [0.1, 0.15) is 15.9 Å². The minimum absolute atomic E-state index is 0.0160. The molecule has 0 aliphatic rings. The van der Waals surface area contributed by atoms with Gasteiger partial charge in [-0.15, -0.1) is 0 Å². The van der Waals surface area contributed by atoms with E-state index in [1.807, 2.05) is 0 Å². The number of hydrogen-bond donors (Lipinski definition) is 2. The molecule has 108 valence electrons. The summed E-state index contributed by atoms with van der Waals surface area (Å²) < 4.78 is 5.07. The number of rotatable bonds is 4. The molecule has 0 atom stereocenters. The summed E-state index contributed by atoms with van der Waals surface area (Å²) >= 11 is 5.76. The SMILES string of the molecule is COc1c(O)cccc1C=CC(=O)c1cccc(Cl)c1O. The smallest absolute Gasteiger partial charge is 0.189 e. The van der Waals surface area contributed by atoms with Crippen molar-refractivity contribution in [1.29, 1.82) is 0 Å². The number of carbonyl (C=O) groups excluding carboxylic acids is 1. The van der Waals surface area contributed by atoms with Gasteiger partial charge < -0.3 is 14.9 Å². The molecule has 0 amide bonds. The lowest BCUT2D eigenvalue weighted by Gasteiger charge is -2.06. The fourth-order valence-electron chi connectivity index (χ4n) is 1.87. The van der Waals surface area contributed by atoms with Gasteiger partial charge in [0, 0.05) is 5.56 Å². The number of ketones is 1. The average molecular weight is 305 g/mol. The highest BCUT2D eigenvalue weighted by Crippen LogP contribution is 2.31. The highest BCUT2D eigenvalue weighted by atomic mass is 35.5. The number of ether oxygens (including phenoxy) is 1. The van der Waals surface area contributed by atoms with E-state index >= 15 is 0 Å². The van der Waals surface area contributed by atoms with Crippen molar-refractivity contribution >= 4 is 23.5 Å². The van der Waals surface area contributed by atoms with Gasteiger partial charge in [0.1, 0.15) is 5.75 Å². The first-order chi connectivity index (χ1) is 10.0. The molecule has 2 aromatic rings. The summed E-state index contributed by atoms with van der Waals surface area (Å²) in [6.45, 7) is 0. The number of aromatic hydroxyl groups is 2. The van der Waals surface area contributed by atoms with E-state index in [9.17, 15) is 15.0 Å². The van der Waals surface area contributed by atoms with Gasteiger partial charge in [0.05, 0.1) is 17.7 Å². The second-order valence-electron chi connectivity index (χ2n) is 4.23. The third-order valence-corrected chi connectivity index (χ3v) is 3.20. The van der Waals surface area contributed by atoms with E-state index in [4.69, 9.17) is 16.3 Å². The molecule has 0 radical (unpaired) electrons. The van der Waals surface area contributed by atoms with Crippen LogP contribution in [0.2, 0.25) is 5.02 Å². The molecule has 0 saturated carbocycles. The number of phenols is 2. The van der Waals surface area contributed by atoms with Gasteiger partial charge in [-0.1, -0.05) is 29.8 Å². The van der Waals surface area contributed by atoms with E-state index in [0.29, 0.717) is 5.56 Å². The molecule has 0 aromatic heterocycles. The summed E-state index contributed by atoms with van der Waals surface area (Å²) in [5, 5.41) is 19.5. The Bertz CT molecular complexity index is 707. The Labute approximate surface area is 126 Å². The summed E-state index contributed by atoms with van der Waals surface area (Å²) in [6, 6.07) is 9.38. The van der Waals surface area contributed by atoms with Crippen LogP contribution in [-0.4, -0.2) is 23.1 Å². The first kappa shape index (κ1) is 14.9. The molecule has 0 fully saturated rings. The number of para-hydroxylation sites is 2. The van der Waals surface area contributed by atoms with Gasteiger partial charge in [0.15, 0.2) is 17.3 Å². The zero-order valence-electron chi connectivity index (χ0n) is 11.2. The van der Waals surface area contributed by atoms with Crippen LogP contribution in [0.3, 0.4) is 0 Å². The van der Waals surface area contributed by atoms with Crippen molar-refractivity contribution in [2.75, 3.05) is 7.11 Å². The Morgan fingerprint density at radius 1 is 1.19 bits per heavy atom. The zero-order chi connectivity index (χ0) is 15.4. The fraction of sp³-hybridized carbons (Fsp3) is 0.0625. The number of allylic oxidation sites excluding steroid dienone is 1. The third-order valence-electron chi connectivity index (χ3n) is 2.90. The van der Waals surface area contributed by atoms with Gasteiger partial charge in [0.25, 0.3) is 0 Å². The Morgan fingerprint density at radius 3 is 2.62 bits per heavy atom. The predicted molar refractivity (Wildman–Crippen MR) is 81.1 cm³/mol. The Balaban J connectivity index is 2.32. The van der Waals surface area contributed by atoms with E-state index in [2.05, 4.69) is 0 Å². The molecule has 4 nitrogen and oxygen atoms in total. The van der Waals surface area contributed by atoms with E-state index < -0.39 is 5.78 Å². The number of hydrogen-bond acceptors (Lipinski definition) is 4. The molecular formula is C16H13ClO4. The maximum Gasteiger partial charge on any atom is 0.189 e. The van der Waals surface area contributed by atoms with Gasteiger partial charge in [-0.25, -0.2) is 0 Å². The molecule has 0 unspecified atom stereocenters. The fourth-order valence-corrected chi connectivity index (χ4v) is 2.04. The topological polar surface area (TPSA) is 66.8 Å². The Morgan fingerprint density at radius 2 is 1.90 bits per heavy atom. The van der Waals surface area contributed by atoms with E-state index in [1.54, 1.807) is 18.2 Å². The Kier molecular flexibility index (Phi) is 4.50. The lowest BCUT2D eigenvalue weighted by atomic mass is 10.1. The summed E-state index contributed by atoms with van der Waals surface area (Å²) in [5.74, 6) is -0.397. The molecule has 0 spiro atoms. The summed E-state index contributed by atoms with van der Waals surface area (Å²) in [7, 11) is 1.43. The van der Waals surface area contributed by atoms with Crippen LogP contribution in [0, 0.1) is 0 Å². The summed E-state index contributed by atoms with van der Waals surface area (Å²) in [5.41, 5.74) is 0.658. The van der Waals surface area contributed by atoms with Crippen LogP contribution in [0.25, 0.3) is 6.08 Å². The molecule has 2 N–H and O–H groups in total. The standard InChI is InChI=1S/C16H13ClO4/c1-21-16-10(4-2-7-14(16)19)8-9-13(18)11-5-3-6-12(17)15(11)20/h2-9,19-20H,1H3. The molecule has 5 heteroatoms. The highest BCUT2D eigenvalue weighted by Gasteiger charge is 2.11. The molecular weight excluding hydrogens is 292 g/mol. The molecule has 0 heterocycles. The van der Waals surface area contributed by atoms with E-state index in [0.717, 1.165) is 0 Å². The van der Waals surface area contributed by atoms with Crippen LogP contribution < -0.4 is 4.74 Å². The van der Waals surface area contributed by atoms with Gasteiger partial charge in [-0.2, -0.15) is 0 Å². The minimum Gasteiger partial charge on any atom is -0.506 e. The predicted octanol–water partition coefficient (Wildman–Crippen LogP) is 3.66. The zero-order valence-corrected chi connectivity index (χ0v) is 12.0. The lowest BCUT2D eigenvalue weighted by molar-refractivity contribution is 0.104. The van der Waals surface area contributed by atoms with Gasteiger partial charge in [0.2, 0.25) is 0 Å². The van der Waals surface area contributed by atoms with Crippen molar-refractivity contribution in [1.82, 2.24) is 0 Å². The molecule has 0 saturated heterocycles. The lowest BCUT2D eigenvalue weighted by Crippen LogP contribution is -1.95. The highest BCUT2D eigenvalue weighted by molar-refractivity contribution is 6.32. The second-order valence-corrected chi connectivity index (χ2v) is 4.64. The maximum absolute atomic E-state index is 12.1. The van der Waals surface area contributed by atoms with Gasteiger partial charge in [-0.3, -0.25) is 4.79 Å². The maximum atomic E-state index is 12.1. The van der Waals surface area contributed by atoms with Crippen LogP contribution in [0.4, 0.5) is 0 Å². The van der Waals surface area contributed by atoms with Gasteiger partial charge in [-0.05, 0) is 30.4 Å². The second kappa shape index (κ2) is 6.33. The third kappa shape index (κ3) is 3.17. The number of halogens is 1. The van der Waals surface area contributed by atoms with Crippen molar-refractivity contribution < 1.29 is 19.7 Å². The van der Waals surface area contributed by atoms with Crippen molar-refractivity contribution in [3.63, 3.8) is 0 Å². The average Bonchev–Trinajstić information content (AvgIpc) is 2.47. The number of phenolic OH excluding ortho intramolecular Hbond substituents is 2. The van der Waals surface area contributed by atoms with Crippen molar-refractivity contribution in [3.8, 4) is 17.2 Å². The molecule has 0 bridgehead atoms. The normalized spacial score (nSPS) is 10.8. The summed E-state index contributed by atoms with van der Waals surface area (Å²) in [4.78, 5) is 12.1. The monoisotopic (exact) mass is 304 g/mol. The quantitative estimate of drug-likeness (QED) is 0.668.